The van der Waals surface area contributed by atoms with E-state index in [1.54, 1.807) is 24.3 Å². The number of methoxy groups -OCH3 is 3. The number of phenolic OH excluding ortho intramolecular Hbond substituents is 1. The van der Waals surface area contributed by atoms with Crippen molar-refractivity contribution < 1.29 is 33.6 Å². The minimum Gasteiger partial charge on any atom is -0.502 e. The maximum atomic E-state index is 12.1. The van der Waals surface area contributed by atoms with E-state index in [2.05, 4.69) is 0 Å². The Morgan fingerprint density at radius 2 is 1.67 bits per heavy atom. The number of carbonyl (C=O) groups is 2. The van der Waals surface area contributed by atoms with Gasteiger partial charge in [0.25, 0.3) is 0 Å². The molecular weight excluding hydrogens is 352 g/mol. The number of rotatable bonds is 8. The van der Waals surface area contributed by atoms with Crippen molar-refractivity contribution in [2.75, 3.05) is 27.9 Å². The van der Waals surface area contributed by atoms with E-state index in [4.69, 9.17) is 18.9 Å². The molecule has 0 amide bonds. The third kappa shape index (κ3) is 5.24. The van der Waals surface area contributed by atoms with Gasteiger partial charge in [0.15, 0.2) is 23.9 Å². The fraction of sp³-hybridized carbons (Fsp3) is 0.200. The Balaban J connectivity index is 2.00. The molecule has 1 N–H and O–H groups in total. The first-order valence-corrected chi connectivity index (χ1v) is 7.95. The number of phenols is 1. The first-order chi connectivity index (χ1) is 13.0. The Hall–Kier alpha value is -3.48. The standard InChI is InChI=1S/C20H20O7/c1-24-15-6-4-5-14(11-15)16(21)12-27-19(22)8-7-13-9-17(25-2)20(23)18(10-13)26-3/h4-11,23H,12H2,1-3H3/b8-7+. The molecule has 7 heteroatoms. The van der Waals surface area contributed by atoms with Crippen LogP contribution in [0, 0.1) is 0 Å². The fourth-order valence-electron chi connectivity index (χ4n) is 2.24. The Labute approximate surface area is 156 Å². The average Bonchev–Trinajstić information content (AvgIpc) is 2.71. The molecule has 142 valence electrons. The number of aromatic hydroxyl groups is 1. The smallest absolute Gasteiger partial charge is 0.331 e. The quantitative estimate of drug-likeness (QED) is 0.433. The highest BCUT2D eigenvalue weighted by Crippen LogP contribution is 2.37. The van der Waals surface area contributed by atoms with Gasteiger partial charge in [-0.2, -0.15) is 0 Å². The van der Waals surface area contributed by atoms with E-state index < -0.39 is 12.6 Å². The van der Waals surface area contributed by atoms with Gasteiger partial charge in [0.05, 0.1) is 21.3 Å². The van der Waals surface area contributed by atoms with E-state index in [0.29, 0.717) is 16.9 Å². The zero-order valence-corrected chi connectivity index (χ0v) is 15.2. The summed E-state index contributed by atoms with van der Waals surface area (Å²) in [5, 5.41) is 9.87. The van der Waals surface area contributed by atoms with Crippen molar-refractivity contribution >= 4 is 17.8 Å². The molecule has 2 rings (SSSR count). The predicted octanol–water partition coefficient (Wildman–Crippen LogP) is 2.86. The number of esters is 1. The topological polar surface area (TPSA) is 91.3 Å². The number of hydrogen-bond acceptors (Lipinski definition) is 7. The molecule has 0 heterocycles. The molecule has 0 aromatic heterocycles. The van der Waals surface area contributed by atoms with Crippen LogP contribution >= 0.6 is 0 Å². The van der Waals surface area contributed by atoms with Crippen LogP contribution in [-0.4, -0.2) is 44.8 Å². The van der Waals surface area contributed by atoms with Gasteiger partial charge in [0.1, 0.15) is 5.75 Å². The lowest BCUT2D eigenvalue weighted by atomic mass is 10.1. The summed E-state index contributed by atoms with van der Waals surface area (Å²) in [6.07, 6.45) is 2.63. The fourth-order valence-corrected chi connectivity index (χ4v) is 2.24. The van der Waals surface area contributed by atoms with Gasteiger partial charge in [-0.1, -0.05) is 12.1 Å². The molecule has 27 heavy (non-hydrogen) atoms. The molecule has 0 atom stereocenters. The summed E-state index contributed by atoms with van der Waals surface area (Å²) in [6.45, 7) is -0.390. The first kappa shape index (κ1) is 19.8. The van der Waals surface area contributed by atoms with Crippen LogP contribution in [0.5, 0.6) is 23.0 Å². The van der Waals surface area contributed by atoms with Crippen molar-refractivity contribution in [3.8, 4) is 23.0 Å². The zero-order chi connectivity index (χ0) is 19.8. The lowest BCUT2D eigenvalue weighted by molar-refractivity contribution is -0.136. The number of carbonyl (C=O) groups excluding carboxylic acids is 2. The number of Topliss-reactive ketones (excluding diaryl/α,β-unsaturated/α-hetero) is 1. The molecule has 0 saturated carbocycles. The SMILES string of the molecule is COc1cccc(C(=O)COC(=O)/C=C/c2cc(OC)c(O)c(OC)c2)c1. The van der Waals surface area contributed by atoms with Crippen LogP contribution < -0.4 is 14.2 Å². The summed E-state index contributed by atoms with van der Waals surface area (Å²) in [5.41, 5.74) is 0.941. The summed E-state index contributed by atoms with van der Waals surface area (Å²) in [6, 6.07) is 9.64. The lowest BCUT2D eigenvalue weighted by Crippen LogP contribution is -2.12. The van der Waals surface area contributed by atoms with E-state index in [-0.39, 0.29) is 23.0 Å². The first-order valence-electron chi connectivity index (χ1n) is 7.95. The van der Waals surface area contributed by atoms with Crippen LogP contribution in [0.4, 0.5) is 0 Å². The lowest BCUT2D eigenvalue weighted by Gasteiger charge is -2.09. The molecule has 0 fully saturated rings. The molecular formula is C20H20O7. The second-order valence-electron chi connectivity index (χ2n) is 5.37. The summed E-state index contributed by atoms with van der Waals surface area (Å²) in [7, 11) is 4.31. The second-order valence-corrected chi connectivity index (χ2v) is 5.37. The number of hydrogen-bond donors (Lipinski definition) is 1. The average molecular weight is 372 g/mol. The van der Waals surface area contributed by atoms with Gasteiger partial charge in [-0.05, 0) is 35.9 Å². The van der Waals surface area contributed by atoms with Gasteiger partial charge in [-0.3, -0.25) is 4.79 Å². The number of benzene rings is 2. The monoisotopic (exact) mass is 372 g/mol. The van der Waals surface area contributed by atoms with Crippen LogP contribution in [0.3, 0.4) is 0 Å². The number of ether oxygens (including phenoxy) is 4. The van der Waals surface area contributed by atoms with Crippen molar-refractivity contribution in [3.05, 3.63) is 53.6 Å². The summed E-state index contributed by atoms with van der Waals surface area (Å²) in [4.78, 5) is 23.9. The molecule has 0 aliphatic carbocycles. The third-order valence-electron chi connectivity index (χ3n) is 3.65. The van der Waals surface area contributed by atoms with Gasteiger partial charge in [0.2, 0.25) is 5.75 Å². The van der Waals surface area contributed by atoms with E-state index in [1.165, 1.54) is 45.6 Å². The molecule has 0 bridgehead atoms. The van der Waals surface area contributed by atoms with E-state index in [1.807, 2.05) is 0 Å². The minimum atomic E-state index is -0.683. The van der Waals surface area contributed by atoms with Gasteiger partial charge in [0, 0.05) is 11.6 Å². The van der Waals surface area contributed by atoms with Gasteiger partial charge in [-0.15, -0.1) is 0 Å². The molecule has 0 radical (unpaired) electrons. The van der Waals surface area contributed by atoms with Crippen LogP contribution in [-0.2, 0) is 9.53 Å². The van der Waals surface area contributed by atoms with Crippen LogP contribution in [0.2, 0.25) is 0 Å². The van der Waals surface area contributed by atoms with Gasteiger partial charge >= 0.3 is 5.97 Å². The highest BCUT2D eigenvalue weighted by atomic mass is 16.5. The highest BCUT2D eigenvalue weighted by molar-refractivity contribution is 5.99. The summed E-state index contributed by atoms with van der Waals surface area (Å²) < 4.78 is 20.1. The number of ketones is 1. The molecule has 0 saturated heterocycles. The molecule has 2 aromatic rings. The van der Waals surface area contributed by atoms with Gasteiger partial charge < -0.3 is 24.1 Å². The predicted molar refractivity (Wildman–Crippen MR) is 98.5 cm³/mol. The molecule has 0 spiro atoms. The highest BCUT2D eigenvalue weighted by Gasteiger charge is 2.11. The van der Waals surface area contributed by atoms with Crippen molar-refractivity contribution in [1.82, 2.24) is 0 Å². The molecule has 0 aliphatic rings. The summed E-state index contributed by atoms with van der Waals surface area (Å²) in [5.74, 6) is -0.210. The maximum absolute atomic E-state index is 12.1. The summed E-state index contributed by atoms with van der Waals surface area (Å²) >= 11 is 0. The van der Waals surface area contributed by atoms with E-state index >= 15 is 0 Å². The van der Waals surface area contributed by atoms with Crippen LogP contribution in [0.15, 0.2) is 42.5 Å². The Bertz CT molecular complexity index is 830. The largest absolute Gasteiger partial charge is 0.502 e. The molecule has 0 aliphatic heterocycles. The Kier molecular flexibility index (Phi) is 6.82. The van der Waals surface area contributed by atoms with E-state index in [9.17, 15) is 14.7 Å². The molecule has 0 unspecified atom stereocenters. The molecule has 7 nitrogen and oxygen atoms in total. The third-order valence-corrected chi connectivity index (χ3v) is 3.65. The normalized spacial score (nSPS) is 10.5. The second kappa shape index (κ2) is 9.28. The van der Waals surface area contributed by atoms with E-state index in [0.717, 1.165) is 0 Å². The van der Waals surface area contributed by atoms with Crippen LogP contribution in [0.1, 0.15) is 15.9 Å². The van der Waals surface area contributed by atoms with Crippen molar-refractivity contribution in [3.63, 3.8) is 0 Å². The Morgan fingerprint density at radius 1 is 1.00 bits per heavy atom. The minimum absolute atomic E-state index is 0.136. The van der Waals surface area contributed by atoms with Crippen molar-refractivity contribution in [2.24, 2.45) is 0 Å². The van der Waals surface area contributed by atoms with Crippen molar-refractivity contribution in [2.45, 2.75) is 0 Å². The molecule has 2 aromatic carbocycles. The maximum Gasteiger partial charge on any atom is 0.331 e. The van der Waals surface area contributed by atoms with Crippen LogP contribution in [0.25, 0.3) is 6.08 Å². The Morgan fingerprint density at radius 3 is 2.26 bits per heavy atom. The van der Waals surface area contributed by atoms with Gasteiger partial charge in [-0.25, -0.2) is 4.79 Å². The zero-order valence-electron chi connectivity index (χ0n) is 15.2. The van der Waals surface area contributed by atoms with Crippen molar-refractivity contribution in [1.29, 1.82) is 0 Å².